The Balaban J connectivity index is 0.00000146. The fourth-order valence-electron chi connectivity index (χ4n) is 6.96. The first-order valence-corrected chi connectivity index (χ1v) is 9.13. The maximum absolute atomic E-state index is 13.1. The SMILES string of the molecule is Br.N#C[C@H]1C[C@H]2C[C@H]2N1C(=O)[C@H](N)C12CC3CC(CC(O)(C3)C1)C2. The lowest BCUT2D eigenvalue weighted by Crippen LogP contribution is -2.64. The van der Waals surface area contributed by atoms with Crippen LogP contribution in [-0.2, 0) is 4.79 Å². The largest absolute Gasteiger partial charge is 0.390 e. The number of piperidine rings is 1. The van der Waals surface area contributed by atoms with Crippen LogP contribution in [0.1, 0.15) is 51.4 Å². The fourth-order valence-corrected chi connectivity index (χ4v) is 6.96. The third-order valence-corrected chi connectivity index (χ3v) is 7.51. The van der Waals surface area contributed by atoms with E-state index in [1.54, 1.807) is 4.90 Å². The number of likely N-dealkylation sites (tertiary alicyclic amines) is 1. The summed E-state index contributed by atoms with van der Waals surface area (Å²) in [4.78, 5) is 14.9. The molecule has 6 fully saturated rings. The third kappa shape index (κ3) is 2.21. The van der Waals surface area contributed by atoms with E-state index in [9.17, 15) is 15.2 Å². The monoisotopic (exact) mass is 395 g/mol. The molecule has 6 aliphatic rings. The molecule has 2 unspecified atom stereocenters. The normalized spacial score (nSPS) is 51.5. The molecular weight excluding hydrogens is 370 g/mol. The molecule has 0 aromatic carbocycles. The van der Waals surface area contributed by atoms with Gasteiger partial charge in [-0.25, -0.2) is 0 Å². The zero-order valence-electron chi connectivity index (χ0n) is 13.9. The zero-order valence-corrected chi connectivity index (χ0v) is 15.6. The summed E-state index contributed by atoms with van der Waals surface area (Å²) in [6.07, 6.45) is 7.48. The Hall–Kier alpha value is -0.640. The Morgan fingerprint density at radius 3 is 2.46 bits per heavy atom. The topological polar surface area (TPSA) is 90.4 Å². The summed E-state index contributed by atoms with van der Waals surface area (Å²) in [7, 11) is 0. The number of rotatable bonds is 2. The number of nitrogens with zero attached hydrogens (tertiary/aromatic N) is 2. The number of nitriles is 1. The van der Waals surface area contributed by atoms with Crippen molar-refractivity contribution in [2.24, 2.45) is 28.9 Å². The van der Waals surface area contributed by atoms with Crippen LogP contribution in [0.4, 0.5) is 0 Å². The number of hydrogen-bond donors (Lipinski definition) is 2. The Kier molecular flexibility index (Phi) is 3.63. The van der Waals surface area contributed by atoms with Gasteiger partial charge >= 0.3 is 0 Å². The lowest BCUT2D eigenvalue weighted by molar-refractivity contribution is -0.177. The summed E-state index contributed by atoms with van der Waals surface area (Å²) in [6.45, 7) is 0. The van der Waals surface area contributed by atoms with Crippen LogP contribution >= 0.6 is 17.0 Å². The first kappa shape index (κ1) is 16.8. The van der Waals surface area contributed by atoms with Gasteiger partial charge in [0, 0.05) is 6.04 Å². The molecule has 4 bridgehead atoms. The minimum Gasteiger partial charge on any atom is -0.390 e. The van der Waals surface area contributed by atoms with Crippen LogP contribution in [0.2, 0.25) is 0 Å². The average Bonchev–Trinajstić information content (AvgIpc) is 3.14. The Labute approximate surface area is 153 Å². The molecule has 1 saturated heterocycles. The van der Waals surface area contributed by atoms with Crippen LogP contribution in [0.25, 0.3) is 0 Å². The van der Waals surface area contributed by atoms with Crippen molar-refractivity contribution in [3.63, 3.8) is 0 Å². The van der Waals surface area contributed by atoms with Crippen molar-refractivity contribution in [3.05, 3.63) is 0 Å². The third-order valence-electron chi connectivity index (χ3n) is 7.51. The van der Waals surface area contributed by atoms with Gasteiger partial charge in [0.05, 0.1) is 17.7 Å². The molecule has 6 atom stereocenters. The number of carbonyl (C=O) groups excluding carboxylic acids is 1. The molecular formula is C18H26BrN3O2. The Morgan fingerprint density at radius 2 is 1.88 bits per heavy atom. The number of carbonyl (C=O) groups is 1. The highest BCUT2D eigenvalue weighted by molar-refractivity contribution is 8.93. The number of halogens is 1. The second-order valence-corrected chi connectivity index (χ2v) is 9.21. The van der Waals surface area contributed by atoms with Gasteiger partial charge in [0.25, 0.3) is 0 Å². The van der Waals surface area contributed by atoms with E-state index in [0.717, 1.165) is 38.5 Å². The van der Waals surface area contributed by atoms with E-state index in [1.807, 2.05) is 0 Å². The molecule has 0 aromatic rings. The van der Waals surface area contributed by atoms with Gasteiger partial charge in [-0.15, -0.1) is 17.0 Å². The minimum atomic E-state index is -0.594. The molecule has 1 aliphatic heterocycles. The van der Waals surface area contributed by atoms with Gasteiger partial charge in [-0.2, -0.15) is 5.26 Å². The molecule has 6 heteroatoms. The maximum Gasteiger partial charge on any atom is 0.241 e. The zero-order chi connectivity index (χ0) is 16.0. The molecule has 5 nitrogen and oxygen atoms in total. The summed E-state index contributed by atoms with van der Waals surface area (Å²) in [5.41, 5.74) is 5.71. The van der Waals surface area contributed by atoms with Crippen LogP contribution in [0.15, 0.2) is 0 Å². The van der Waals surface area contributed by atoms with Crippen molar-refractivity contribution in [2.75, 3.05) is 0 Å². The van der Waals surface area contributed by atoms with E-state index in [1.165, 1.54) is 6.42 Å². The highest BCUT2D eigenvalue weighted by Crippen LogP contribution is 2.63. The highest BCUT2D eigenvalue weighted by atomic mass is 79.9. The predicted octanol–water partition coefficient (Wildman–Crippen LogP) is 1.74. The summed E-state index contributed by atoms with van der Waals surface area (Å²) in [6, 6.07) is 1.72. The van der Waals surface area contributed by atoms with Crippen LogP contribution in [0.3, 0.4) is 0 Å². The van der Waals surface area contributed by atoms with Gasteiger partial charge in [0.15, 0.2) is 0 Å². The maximum atomic E-state index is 13.1. The predicted molar refractivity (Wildman–Crippen MR) is 93.1 cm³/mol. The number of aliphatic hydroxyl groups is 1. The minimum absolute atomic E-state index is 0. The Bertz CT molecular complexity index is 604. The molecule has 5 saturated carbocycles. The van der Waals surface area contributed by atoms with Crippen molar-refractivity contribution in [1.29, 1.82) is 5.26 Å². The van der Waals surface area contributed by atoms with E-state index in [4.69, 9.17) is 5.73 Å². The molecule has 0 radical (unpaired) electrons. The quantitative estimate of drug-likeness (QED) is 0.744. The molecule has 0 aromatic heterocycles. The molecule has 5 aliphatic carbocycles. The van der Waals surface area contributed by atoms with E-state index in [-0.39, 0.29) is 40.4 Å². The number of hydrogen-bond acceptors (Lipinski definition) is 4. The molecule has 1 heterocycles. The Morgan fingerprint density at radius 1 is 1.21 bits per heavy atom. The van der Waals surface area contributed by atoms with Gasteiger partial charge in [-0.1, -0.05) is 0 Å². The van der Waals surface area contributed by atoms with Crippen molar-refractivity contribution in [2.45, 2.75) is 75.1 Å². The van der Waals surface area contributed by atoms with Crippen molar-refractivity contribution in [3.8, 4) is 6.07 Å². The summed E-state index contributed by atoms with van der Waals surface area (Å²) in [5.74, 6) is 1.56. The van der Waals surface area contributed by atoms with Gasteiger partial charge < -0.3 is 15.7 Å². The van der Waals surface area contributed by atoms with Gasteiger partial charge in [-0.05, 0) is 74.5 Å². The van der Waals surface area contributed by atoms with E-state index in [2.05, 4.69) is 6.07 Å². The van der Waals surface area contributed by atoms with Gasteiger partial charge in [0.2, 0.25) is 5.91 Å². The first-order chi connectivity index (χ1) is 10.9. The molecule has 3 N–H and O–H groups in total. The second-order valence-electron chi connectivity index (χ2n) is 9.21. The summed E-state index contributed by atoms with van der Waals surface area (Å²) >= 11 is 0. The first-order valence-electron chi connectivity index (χ1n) is 9.13. The van der Waals surface area contributed by atoms with E-state index >= 15 is 0 Å². The van der Waals surface area contributed by atoms with Gasteiger partial charge in [0.1, 0.15) is 6.04 Å². The van der Waals surface area contributed by atoms with Crippen LogP contribution < -0.4 is 5.73 Å². The van der Waals surface area contributed by atoms with Gasteiger partial charge in [-0.3, -0.25) is 4.79 Å². The van der Waals surface area contributed by atoms with Crippen molar-refractivity contribution >= 4 is 22.9 Å². The molecule has 6 rings (SSSR count). The van der Waals surface area contributed by atoms with E-state index in [0.29, 0.717) is 24.2 Å². The molecule has 0 spiro atoms. The number of amides is 1. The number of fused-ring (bicyclic) bond motifs is 1. The van der Waals surface area contributed by atoms with Crippen LogP contribution in [0.5, 0.6) is 0 Å². The molecule has 1 amide bonds. The van der Waals surface area contributed by atoms with Crippen molar-refractivity contribution in [1.82, 2.24) is 4.90 Å². The lowest BCUT2D eigenvalue weighted by Gasteiger charge is -2.61. The standard InChI is InChI=1S/C18H25N3O2.BrH/c19-8-13-2-12-3-14(12)21(13)16(22)15(20)17-4-10-1-11(5-17)7-18(23,6-10)9-17;/h10-15,23H,1-7,9,20H2;1H/t10?,11?,12-,13+,14+,15-,17?,18?;/m0./s1. The van der Waals surface area contributed by atoms with Crippen molar-refractivity contribution < 1.29 is 9.90 Å². The van der Waals surface area contributed by atoms with Crippen LogP contribution in [0, 0.1) is 34.5 Å². The molecule has 24 heavy (non-hydrogen) atoms. The van der Waals surface area contributed by atoms with Crippen LogP contribution in [-0.4, -0.2) is 39.6 Å². The average molecular weight is 396 g/mol. The lowest BCUT2D eigenvalue weighted by atomic mass is 9.46. The number of nitrogens with two attached hydrogens (primary N) is 1. The van der Waals surface area contributed by atoms with E-state index < -0.39 is 11.6 Å². The summed E-state index contributed by atoms with van der Waals surface area (Å²) < 4.78 is 0. The highest BCUT2D eigenvalue weighted by Gasteiger charge is 2.62. The second kappa shape index (κ2) is 5.18. The fraction of sp³-hybridized carbons (Fsp3) is 0.889. The smallest absolute Gasteiger partial charge is 0.241 e. The summed E-state index contributed by atoms with van der Waals surface area (Å²) in [5, 5.41) is 20.2. The molecule has 132 valence electrons.